The summed E-state index contributed by atoms with van der Waals surface area (Å²) in [4.78, 5) is 12.9. The molecule has 0 unspecified atom stereocenters. The lowest BCUT2D eigenvalue weighted by atomic mass is 10.4. The van der Waals surface area contributed by atoms with Gasteiger partial charge in [0.1, 0.15) is 0 Å². The van der Waals surface area contributed by atoms with E-state index in [9.17, 15) is 4.79 Å². The van der Waals surface area contributed by atoms with E-state index in [4.69, 9.17) is 4.74 Å². The molecular formula is C9H17NO2. The van der Waals surface area contributed by atoms with E-state index in [-0.39, 0.29) is 12.1 Å². The van der Waals surface area contributed by atoms with Crippen molar-refractivity contribution in [1.29, 1.82) is 0 Å². The smallest absolute Gasteiger partial charge is 0.330 e. The third kappa shape index (κ3) is 7.28. The van der Waals surface area contributed by atoms with Crippen LogP contribution in [0, 0.1) is 0 Å². The van der Waals surface area contributed by atoms with E-state index in [0.29, 0.717) is 0 Å². The molecule has 0 heterocycles. The van der Waals surface area contributed by atoms with Crippen LogP contribution in [0.25, 0.3) is 0 Å². The van der Waals surface area contributed by atoms with Gasteiger partial charge in [-0.15, -0.1) is 0 Å². The predicted octanol–water partition coefficient (Wildman–Crippen LogP) is 1.06. The fourth-order valence-electron chi connectivity index (χ4n) is 0.631. The van der Waals surface area contributed by atoms with Crippen molar-refractivity contribution in [3.8, 4) is 0 Å². The third-order valence-electron chi connectivity index (χ3n) is 1.08. The summed E-state index contributed by atoms with van der Waals surface area (Å²) in [6.45, 7) is 4.42. The van der Waals surface area contributed by atoms with Crippen molar-refractivity contribution < 1.29 is 9.53 Å². The molecule has 70 valence electrons. The predicted molar refractivity (Wildman–Crippen MR) is 48.9 cm³/mol. The van der Waals surface area contributed by atoms with Gasteiger partial charge < -0.3 is 9.64 Å². The zero-order valence-corrected chi connectivity index (χ0v) is 8.20. The molecule has 0 amide bonds. The summed E-state index contributed by atoms with van der Waals surface area (Å²) in [5.41, 5.74) is 0. The van der Waals surface area contributed by atoms with Gasteiger partial charge in [-0.3, -0.25) is 0 Å². The maximum Gasteiger partial charge on any atom is 0.330 e. The highest BCUT2D eigenvalue weighted by Gasteiger charge is 1.98. The minimum Gasteiger partial charge on any atom is -0.460 e. The van der Waals surface area contributed by atoms with E-state index in [1.54, 1.807) is 6.08 Å². The van der Waals surface area contributed by atoms with Crippen molar-refractivity contribution in [3.05, 3.63) is 12.2 Å². The van der Waals surface area contributed by atoms with Gasteiger partial charge in [0.05, 0.1) is 6.10 Å². The molecule has 12 heavy (non-hydrogen) atoms. The molecule has 0 fully saturated rings. The third-order valence-corrected chi connectivity index (χ3v) is 1.08. The second-order valence-corrected chi connectivity index (χ2v) is 3.15. The van der Waals surface area contributed by atoms with Crippen LogP contribution in [-0.2, 0) is 9.53 Å². The minimum absolute atomic E-state index is 0.0403. The molecule has 0 aliphatic carbocycles. The number of hydrogen-bond donors (Lipinski definition) is 0. The van der Waals surface area contributed by atoms with E-state index in [1.807, 2.05) is 32.8 Å². The van der Waals surface area contributed by atoms with Crippen LogP contribution in [0.5, 0.6) is 0 Å². The Morgan fingerprint density at radius 3 is 2.50 bits per heavy atom. The van der Waals surface area contributed by atoms with Crippen molar-refractivity contribution in [2.24, 2.45) is 0 Å². The first-order valence-electron chi connectivity index (χ1n) is 4.04. The Kier molecular flexibility index (Phi) is 5.37. The van der Waals surface area contributed by atoms with Gasteiger partial charge in [0.15, 0.2) is 0 Å². The molecular weight excluding hydrogens is 154 g/mol. The molecule has 0 N–H and O–H groups in total. The number of carbonyl (C=O) groups is 1. The number of hydrogen-bond acceptors (Lipinski definition) is 3. The molecule has 3 heteroatoms. The summed E-state index contributed by atoms with van der Waals surface area (Å²) >= 11 is 0. The quantitative estimate of drug-likeness (QED) is 0.468. The molecule has 0 aliphatic rings. The maximum atomic E-state index is 10.9. The molecule has 3 nitrogen and oxygen atoms in total. The summed E-state index contributed by atoms with van der Waals surface area (Å²) < 4.78 is 4.89. The lowest BCUT2D eigenvalue weighted by Crippen LogP contribution is -2.12. The molecule has 0 rings (SSSR count). The number of carbonyl (C=O) groups excluding carboxylic acids is 1. The highest BCUT2D eigenvalue weighted by atomic mass is 16.5. The number of nitrogens with zero attached hydrogens (tertiary/aromatic N) is 1. The summed E-state index contributed by atoms with van der Waals surface area (Å²) in [5.74, 6) is -0.271. The van der Waals surface area contributed by atoms with Crippen LogP contribution < -0.4 is 0 Å². The van der Waals surface area contributed by atoms with Gasteiger partial charge in [0.2, 0.25) is 0 Å². The van der Waals surface area contributed by atoms with Crippen LogP contribution in [0.3, 0.4) is 0 Å². The molecule has 0 saturated carbocycles. The van der Waals surface area contributed by atoms with Crippen molar-refractivity contribution in [3.63, 3.8) is 0 Å². The summed E-state index contributed by atoms with van der Waals surface area (Å²) in [5, 5.41) is 0. The van der Waals surface area contributed by atoms with Crippen LogP contribution in [0.15, 0.2) is 12.2 Å². The molecule has 0 spiro atoms. The summed E-state index contributed by atoms with van der Waals surface area (Å²) in [7, 11) is 3.89. The second kappa shape index (κ2) is 5.77. The van der Waals surface area contributed by atoms with E-state index < -0.39 is 0 Å². The van der Waals surface area contributed by atoms with Crippen molar-refractivity contribution in [2.75, 3.05) is 20.6 Å². The molecule has 0 aliphatic heterocycles. The van der Waals surface area contributed by atoms with Crippen LogP contribution >= 0.6 is 0 Å². The van der Waals surface area contributed by atoms with E-state index in [1.165, 1.54) is 6.08 Å². The largest absolute Gasteiger partial charge is 0.460 e. The van der Waals surface area contributed by atoms with Gasteiger partial charge in [-0.05, 0) is 27.9 Å². The van der Waals surface area contributed by atoms with Crippen LogP contribution in [0.2, 0.25) is 0 Å². The first kappa shape index (κ1) is 11.2. The van der Waals surface area contributed by atoms with Gasteiger partial charge in [-0.1, -0.05) is 6.08 Å². The Bertz CT molecular complexity index is 162. The normalized spacial score (nSPS) is 11.5. The topological polar surface area (TPSA) is 29.5 Å². The first-order valence-corrected chi connectivity index (χ1v) is 4.04. The standard InChI is InChI=1S/C9H17NO2/c1-8(2)12-9(11)6-5-7-10(3)4/h5-6,8H,7H2,1-4H3/b6-5+. The monoisotopic (exact) mass is 171 g/mol. The Labute approximate surface area is 74.0 Å². The van der Waals surface area contributed by atoms with Crippen LogP contribution in [-0.4, -0.2) is 37.6 Å². The van der Waals surface area contributed by atoms with Crippen LogP contribution in [0.4, 0.5) is 0 Å². The number of ether oxygens (including phenoxy) is 1. The van der Waals surface area contributed by atoms with E-state index in [2.05, 4.69) is 0 Å². The zero-order valence-electron chi connectivity index (χ0n) is 8.20. The Morgan fingerprint density at radius 2 is 2.08 bits per heavy atom. The number of likely N-dealkylation sites (N-methyl/N-ethyl adjacent to an activating group) is 1. The van der Waals surface area contributed by atoms with E-state index >= 15 is 0 Å². The van der Waals surface area contributed by atoms with Gasteiger partial charge in [-0.25, -0.2) is 4.79 Å². The van der Waals surface area contributed by atoms with Gasteiger partial charge >= 0.3 is 5.97 Å². The molecule has 0 aromatic heterocycles. The fraction of sp³-hybridized carbons (Fsp3) is 0.667. The Morgan fingerprint density at radius 1 is 1.50 bits per heavy atom. The average molecular weight is 171 g/mol. The number of esters is 1. The highest BCUT2D eigenvalue weighted by Crippen LogP contribution is 1.90. The Hall–Kier alpha value is -0.830. The lowest BCUT2D eigenvalue weighted by Gasteiger charge is -2.05. The molecule has 0 saturated heterocycles. The highest BCUT2D eigenvalue weighted by molar-refractivity contribution is 5.82. The maximum absolute atomic E-state index is 10.9. The zero-order chi connectivity index (χ0) is 9.56. The Balaban J connectivity index is 3.61. The second-order valence-electron chi connectivity index (χ2n) is 3.15. The van der Waals surface area contributed by atoms with Gasteiger partial charge in [-0.2, -0.15) is 0 Å². The van der Waals surface area contributed by atoms with Crippen molar-refractivity contribution in [1.82, 2.24) is 4.90 Å². The fourth-order valence-corrected chi connectivity index (χ4v) is 0.631. The molecule has 0 bridgehead atoms. The van der Waals surface area contributed by atoms with Gasteiger partial charge in [0, 0.05) is 12.6 Å². The molecule has 0 aromatic carbocycles. The summed E-state index contributed by atoms with van der Waals surface area (Å²) in [6, 6.07) is 0. The molecule has 0 aromatic rings. The minimum atomic E-state index is -0.271. The number of rotatable bonds is 4. The molecule has 0 atom stereocenters. The average Bonchev–Trinajstić information content (AvgIpc) is 1.84. The van der Waals surface area contributed by atoms with Crippen molar-refractivity contribution in [2.45, 2.75) is 20.0 Å². The SMILES string of the molecule is CC(C)OC(=O)/C=C/CN(C)C. The lowest BCUT2D eigenvalue weighted by molar-refractivity contribution is -0.141. The van der Waals surface area contributed by atoms with Crippen LogP contribution in [0.1, 0.15) is 13.8 Å². The first-order chi connectivity index (χ1) is 5.52. The van der Waals surface area contributed by atoms with Gasteiger partial charge in [0.25, 0.3) is 0 Å². The summed E-state index contributed by atoms with van der Waals surface area (Å²) in [6.07, 6.45) is 3.20. The van der Waals surface area contributed by atoms with E-state index in [0.717, 1.165) is 6.54 Å². The molecule has 0 radical (unpaired) electrons. The van der Waals surface area contributed by atoms with Crippen molar-refractivity contribution >= 4 is 5.97 Å².